The van der Waals surface area contributed by atoms with E-state index in [1.807, 2.05) is 23.6 Å². The summed E-state index contributed by atoms with van der Waals surface area (Å²) in [5.41, 5.74) is 1.74. The fraction of sp³-hybridized carbons (Fsp3) is 0.412. The van der Waals surface area contributed by atoms with Crippen molar-refractivity contribution in [3.8, 4) is 0 Å². The van der Waals surface area contributed by atoms with Gasteiger partial charge in [0.15, 0.2) is 0 Å². The Kier molecular flexibility index (Phi) is 6.40. The molecule has 0 bridgehead atoms. The van der Waals surface area contributed by atoms with E-state index in [1.54, 1.807) is 11.3 Å². The summed E-state index contributed by atoms with van der Waals surface area (Å²) in [7, 11) is 2.06. The average Bonchev–Trinajstić information content (AvgIpc) is 3.01. The number of amides is 1. The molecule has 0 atom stereocenters. The Morgan fingerprint density at radius 1 is 1.32 bits per heavy atom. The van der Waals surface area contributed by atoms with Gasteiger partial charge in [-0.2, -0.15) is 0 Å². The van der Waals surface area contributed by atoms with E-state index in [9.17, 15) is 4.79 Å². The molecule has 0 aliphatic carbocycles. The van der Waals surface area contributed by atoms with Crippen molar-refractivity contribution >= 4 is 22.9 Å². The molecule has 2 aromatic rings. The predicted octanol–water partition coefficient (Wildman–Crippen LogP) is 3.35. The zero-order valence-corrected chi connectivity index (χ0v) is 14.0. The highest BCUT2D eigenvalue weighted by molar-refractivity contribution is 7.09. The van der Waals surface area contributed by atoms with Crippen LogP contribution in [-0.2, 0) is 6.42 Å². The van der Waals surface area contributed by atoms with Crippen LogP contribution in [0.5, 0.6) is 0 Å². The van der Waals surface area contributed by atoms with Crippen LogP contribution in [0, 0.1) is 0 Å². The van der Waals surface area contributed by atoms with Crippen LogP contribution < -0.4 is 10.2 Å². The Morgan fingerprint density at radius 2 is 2.09 bits per heavy atom. The maximum Gasteiger partial charge on any atom is 0.270 e. The fourth-order valence-corrected chi connectivity index (χ4v) is 3.04. The van der Waals surface area contributed by atoms with Crippen LogP contribution in [0.25, 0.3) is 0 Å². The lowest BCUT2D eigenvalue weighted by Crippen LogP contribution is -2.28. The summed E-state index contributed by atoms with van der Waals surface area (Å²) in [5, 5.41) is 5.82. The maximum absolute atomic E-state index is 12.0. The number of para-hydroxylation sites is 1. The first-order valence-electron chi connectivity index (χ1n) is 7.69. The van der Waals surface area contributed by atoms with E-state index in [1.165, 1.54) is 5.69 Å². The first-order chi connectivity index (χ1) is 10.7. The molecule has 0 unspecified atom stereocenters. The minimum Gasteiger partial charge on any atom is -0.375 e. The van der Waals surface area contributed by atoms with Gasteiger partial charge in [-0.1, -0.05) is 25.1 Å². The number of carbonyl (C=O) groups excluding carboxylic acids is 1. The van der Waals surface area contributed by atoms with Crippen molar-refractivity contribution in [2.45, 2.75) is 26.2 Å². The van der Waals surface area contributed by atoms with Gasteiger partial charge in [-0.25, -0.2) is 4.98 Å². The van der Waals surface area contributed by atoms with E-state index in [0.29, 0.717) is 12.2 Å². The summed E-state index contributed by atoms with van der Waals surface area (Å²) in [6.45, 7) is 3.68. The molecular formula is C17H23N3OS. The molecule has 0 aliphatic heterocycles. The van der Waals surface area contributed by atoms with E-state index >= 15 is 0 Å². The molecule has 1 heterocycles. The summed E-state index contributed by atoms with van der Waals surface area (Å²) >= 11 is 1.56. The van der Waals surface area contributed by atoms with E-state index in [-0.39, 0.29) is 5.91 Å². The number of hydrogen-bond donors (Lipinski definition) is 1. The van der Waals surface area contributed by atoms with Crippen molar-refractivity contribution in [2.75, 3.05) is 25.0 Å². The van der Waals surface area contributed by atoms with Gasteiger partial charge in [0.1, 0.15) is 5.69 Å². The van der Waals surface area contributed by atoms with Crippen molar-refractivity contribution in [1.29, 1.82) is 0 Å². The Morgan fingerprint density at radius 3 is 2.82 bits per heavy atom. The number of anilines is 1. The van der Waals surface area contributed by atoms with Crippen LogP contribution in [0.2, 0.25) is 0 Å². The van der Waals surface area contributed by atoms with Crippen molar-refractivity contribution in [2.24, 2.45) is 0 Å². The van der Waals surface area contributed by atoms with Gasteiger partial charge < -0.3 is 10.2 Å². The van der Waals surface area contributed by atoms with E-state index in [4.69, 9.17) is 0 Å². The van der Waals surface area contributed by atoms with Gasteiger partial charge in [-0.3, -0.25) is 4.79 Å². The van der Waals surface area contributed by atoms with Crippen molar-refractivity contribution < 1.29 is 4.79 Å². The van der Waals surface area contributed by atoms with Gasteiger partial charge in [0.05, 0.1) is 5.01 Å². The SMILES string of the molecule is CCCc1nc(C(=O)NCCCN(C)c2ccccc2)cs1. The lowest BCUT2D eigenvalue weighted by Gasteiger charge is -2.19. The third-order valence-corrected chi connectivity index (χ3v) is 4.31. The molecule has 0 fully saturated rings. The molecule has 0 saturated heterocycles. The number of nitrogens with one attached hydrogen (secondary N) is 1. The molecule has 5 heteroatoms. The second-order valence-electron chi connectivity index (χ2n) is 5.24. The Bertz CT molecular complexity index is 583. The quantitative estimate of drug-likeness (QED) is 0.759. The van der Waals surface area contributed by atoms with Crippen molar-refractivity contribution in [1.82, 2.24) is 10.3 Å². The monoisotopic (exact) mass is 317 g/mol. The van der Waals surface area contributed by atoms with Crippen LogP contribution in [0.1, 0.15) is 35.3 Å². The molecule has 0 aliphatic rings. The third kappa shape index (κ3) is 4.84. The van der Waals surface area contributed by atoms with Gasteiger partial charge in [0, 0.05) is 31.2 Å². The molecule has 0 radical (unpaired) electrons. The van der Waals surface area contributed by atoms with Crippen LogP contribution >= 0.6 is 11.3 Å². The molecule has 22 heavy (non-hydrogen) atoms. The summed E-state index contributed by atoms with van der Waals surface area (Å²) in [6, 6.07) is 10.2. The average molecular weight is 317 g/mol. The first kappa shape index (κ1) is 16.5. The van der Waals surface area contributed by atoms with E-state index in [0.717, 1.165) is 30.8 Å². The van der Waals surface area contributed by atoms with Gasteiger partial charge in [-0.05, 0) is 31.4 Å². The Hall–Kier alpha value is -1.88. The minimum atomic E-state index is -0.0685. The second-order valence-corrected chi connectivity index (χ2v) is 6.19. The number of carbonyl (C=O) groups is 1. The fourth-order valence-electron chi connectivity index (χ4n) is 2.16. The molecule has 0 saturated carbocycles. The summed E-state index contributed by atoms with van der Waals surface area (Å²) < 4.78 is 0. The lowest BCUT2D eigenvalue weighted by atomic mass is 10.3. The number of thiazole rings is 1. The number of hydrogen-bond acceptors (Lipinski definition) is 4. The van der Waals surface area contributed by atoms with Gasteiger partial charge in [0.2, 0.25) is 0 Å². The molecule has 118 valence electrons. The highest BCUT2D eigenvalue weighted by atomic mass is 32.1. The van der Waals surface area contributed by atoms with Gasteiger partial charge >= 0.3 is 0 Å². The smallest absolute Gasteiger partial charge is 0.270 e. The van der Waals surface area contributed by atoms with Crippen LogP contribution in [0.15, 0.2) is 35.7 Å². The van der Waals surface area contributed by atoms with Gasteiger partial charge in [0.25, 0.3) is 5.91 Å². The molecule has 1 N–H and O–H groups in total. The van der Waals surface area contributed by atoms with Gasteiger partial charge in [-0.15, -0.1) is 11.3 Å². The number of nitrogens with zero attached hydrogens (tertiary/aromatic N) is 2. The topological polar surface area (TPSA) is 45.2 Å². The Balaban J connectivity index is 1.70. The lowest BCUT2D eigenvalue weighted by molar-refractivity contribution is 0.0949. The summed E-state index contributed by atoms with van der Waals surface area (Å²) in [6.07, 6.45) is 2.91. The molecule has 1 amide bonds. The number of benzene rings is 1. The molecule has 4 nitrogen and oxygen atoms in total. The molecular weight excluding hydrogens is 294 g/mol. The molecule has 0 spiro atoms. The minimum absolute atomic E-state index is 0.0685. The third-order valence-electron chi connectivity index (χ3n) is 3.40. The normalized spacial score (nSPS) is 10.5. The number of rotatable bonds is 8. The van der Waals surface area contributed by atoms with Crippen molar-refractivity contribution in [3.05, 3.63) is 46.4 Å². The van der Waals surface area contributed by atoms with E-state index < -0.39 is 0 Å². The van der Waals surface area contributed by atoms with Crippen LogP contribution in [0.4, 0.5) is 5.69 Å². The van der Waals surface area contributed by atoms with Crippen LogP contribution in [0.3, 0.4) is 0 Å². The van der Waals surface area contributed by atoms with Crippen LogP contribution in [-0.4, -0.2) is 31.0 Å². The number of aromatic nitrogens is 1. The highest BCUT2D eigenvalue weighted by Gasteiger charge is 2.09. The first-order valence-corrected chi connectivity index (χ1v) is 8.57. The predicted molar refractivity (Wildman–Crippen MR) is 92.8 cm³/mol. The highest BCUT2D eigenvalue weighted by Crippen LogP contribution is 2.12. The molecule has 1 aromatic heterocycles. The largest absolute Gasteiger partial charge is 0.375 e. The van der Waals surface area contributed by atoms with Crippen molar-refractivity contribution in [3.63, 3.8) is 0 Å². The van der Waals surface area contributed by atoms with E-state index in [2.05, 4.69) is 41.3 Å². The molecule has 2 rings (SSSR count). The zero-order chi connectivity index (χ0) is 15.8. The molecule has 1 aromatic carbocycles. The standard InChI is InChI=1S/C17H23N3OS/c1-3-8-16-19-15(13-22-16)17(21)18-11-7-12-20(2)14-9-5-4-6-10-14/h4-6,9-10,13H,3,7-8,11-12H2,1-2H3,(H,18,21). The summed E-state index contributed by atoms with van der Waals surface area (Å²) in [4.78, 5) is 18.5. The number of aryl methyl sites for hydroxylation is 1. The Labute approximate surface area is 136 Å². The summed E-state index contributed by atoms with van der Waals surface area (Å²) in [5.74, 6) is -0.0685. The zero-order valence-electron chi connectivity index (χ0n) is 13.2. The second kappa shape index (κ2) is 8.54. The maximum atomic E-state index is 12.0.